The lowest BCUT2D eigenvalue weighted by atomic mass is 9.33. The summed E-state index contributed by atoms with van der Waals surface area (Å²) in [5.41, 5.74) is 12.6. The molecule has 0 aliphatic heterocycles. The second kappa shape index (κ2) is 17.1. The van der Waals surface area contributed by atoms with Crippen molar-refractivity contribution in [2.75, 3.05) is 13.1 Å². The minimum Gasteiger partial charge on any atom is -0.444 e. The summed E-state index contributed by atoms with van der Waals surface area (Å²) in [7, 11) is 0. The van der Waals surface area contributed by atoms with Crippen LogP contribution in [-0.4, -0.2) is 47.2 Å². The minimum atomic E-state index is -0.477. The summed E-state index contributed by atoms with van der Waals surface area (Å²) in [5, 5.41) is 25.1. The second-order valence-electron chi connectivity index (χ2n) is 33.0. The number of aliphatic hydroxyl groups excluding tert-OH is 2. The minimum absolute atomic E-state index is 0.0122. The first-order valence-electron chi connectivity index (χ1n) is 30.0. The van der Waals surface area contributed by atoms with Crippen molar-refractivity contribution in [3.63, 3.8) is 0 Å². The van der Waals surface area contributed by atoms with Crippen LogP contribution < -0.4 is 11.1 Å². The lowest BCUT2D eigenvalue weighted by Gasteiger charge is -2.71. The van der Waals surface area contributed by atoms with Gasteiger partial charge in [-0.3, -0.25) is 0 Å². The largest absolute Gasteiger partial charge is 0.444 e. The normalized spacial score (nSPS) is 49.8. The van der Waals surface area contributed by atoms with Gasteiger partial charge in [0, 0.05) is 6.54 Å². The van der Waals surface area contributed by atoms with Crippen molar-refractivity contribution in [3.8, 4) is 0 Å². The Morgan fingerprint density at radius 2 is 0.958 bits per heavy atom. The monoisotopic (exact) mass is 983 g/mol. The van der Waals surface area contributed by atoms with Crippen molar-refractivity contribution >= 4 is 6.09 Å². The number of hydrogen-bond acceptors (Lipinski definition) is 5. The molecule has 5 N–H and O–H groups in total. The SMILES string of the molecule is CC1(C)CC[C@]2(CN)CC[C@]3(C)C(=CC[C@@H]4[C@@]5(C)CC[C@H](O)C(C)(C)[C@@H]5CC[C@]43C)[C@@H]2C1.CC1(C)CC[C@]2(CNC(=O)OC(C)(C)C)CC[C@]3(C)C(=CC[C@@H]4[C@@]5(C)CCC(O)C(C)(C)[C@@H]5CC[C@]43C)[C@@H]2C1. The molecule has 10 rings (SSSR count). The molecule has 0 aromatic carbocycles. The first-order valence-corrected chi connectivity index (χ1v) is 30.0. The molecule has 0 bridgehead atoms. The van der Waals surface area contributed by atoms with Crippen molar-refractivity contribution in [3.05, 3.63) is 23.3 Å². The van der Waals surface area contributed by atoms with Crippen LogP contribution in [0.15, 0.2) is 23.3 Å². The molecule has 6 heteroatoms. The third-order valence-corrected chi connectivity index (χ3v) is 27.0. The van der Waals surface area contributed by atoms with Gasteiger partial charge in [0.2, 0.25) is 0 Å². The maximum absolute atomic E-state index is 12.8. The Balaban J connectivity index is 0.000000179. The zero-order valence-electron chi connectivity index (χ0n) is 49.1. The van der Waals surface area contributed by atoms with Crippen LogP contribution in [0.4, 0.5) is 4.79 Å². The highest BCUT2D eigenvalue weighted by atomic mass is 16.6. The smallest absolute Gasteiger partial charge is 0.407 e. The summed E-state index contributed by atoms with van der Waals surface area (Å²) >= 11 is 0. The summed E-state index contributed by atoms with van der Waals surface area (Å²) in [5.74, 6) is 3.81. The molecule has 0 spiro atoms. The molecular formula is C65H110N2O4. The van der Waals surface area contributed by atoms with Crippen LogP contribution in [0.5, 0.6) is 0 Å². The van der Waals surface area contributed by atoms with Gasteiger partial charge in [-0.2, -0.15) is 0 Å². The van der Waals surface area contributed by atoms with Crippen molar-refractivity contribution in [2.24, 2.45) is 106 Å². The highest BCUT2D eigenvalue weighted by Crippen LogP contribution is 2.78. The maximum atomic E-state index is 12.8. The lowest BCUT2D eigenvalue weighted by Crippen LogP contribution is -2.65. The Hall–Kier alpha value is -1.37. The van der Waals surface area contributed by atoms with Crippen LogP contribution in [-0.2, 0) is 4.74 Å². The molecule has 1 amide bonds. The van der Waals surface area contributed by atoms with E-state index in [1.54, 1.807) is 5.57 Å². The number of hydrogen-bond donors (Lipinski definition) is 4. The molecule has 0 aromatic rings. The van der Waals surface area contributed by atoms with Gasteiger partial charge in [0.15, 0.2) is 0 Å². The van der Waals surface area contributed by atoms with E-state index in [4.69, 9.17) is 10.5 Å². The quantitative estimate of drug-likeness (QED) is 0.211. The number of allylic oxidation sites excluding steroid dienone is 4. The Bertz CT molecular complexity index is 2130. The van der Waals surface area contributed by atoms with Gasteiger partial charge in [-0.1, -0.05) is 120 Å². The number of alkyl carbamates (subject to hydrolysis) is 1. The number of nitrogens with two attached hydrogens (primary N) is 1. The first-order chi connectivity index (χ1) is 32.6. The Labute approximate surface area is 435 Å². The molecule has 6 nitrogen and oxygen atoms in total. The average Bonchev–Trinajstić information content (AvgIpc) is 3.26. The van der Waals surface area contributed by atoms with Crippen molar-refractivity contribution in [1.29, 1.82) is 0 Å². The fraction of sp³-hybridized carbons (Fsp3) is 0.923. The zero-order valence-corrected chi connectivity index (χ0v) is 49.1. The predicted molar refractivity (Wildman–Crippen MR) is 293 cm³/mol. The van der Waals surface area contributed by atoms with Gasteiger partial charge >= 0.3 is 6.09 Å². The van der Waals surface area contributed by atoms with Gasteiger partial charge in [-0.05, 0) is 256 Å². The summed E-state index contributed by atoms with van der Waals surface area (Å²) < 4.78 is 5.66. The molecule has 10 aliphatic carbocycles. The van der Waals surface area contributed by atoms with E-state index in [0.29, 0.717) is 62.1 Å². The van der Waals surface area contributed by atoms with Crippen molar-refractivity contribution < 1.29 is 19.7 Å². The number of aliphatic hydroxyl groups is 2. The van der Waals surface area contributed by atoms with Gasteiger partial charge in [-0.25, -0.2) is 4.79 Å². The molecule has 0 radical (unpaired) electrons. The van der Waals surface area contributed by atoms with Crippen LogP contribution in [0.1, 0.15) is 246 Å². The van der Waals surface area contributed by atoms with Gasteiger partial charge in [0.05, 0.1) is 12.2 Å². The van der Waals surface area contributed by atoms with E-state index in [2.05, 4.69) is 114 Å². The molecular weight excluding hydrogens is 873 g/mol. The summed E-state index contributed by atoms with van der Waals surface area (Å²) in [6, 6.07) is 0. The number of nitrogens with one attached hydrogen (secondary N) is 1. The number of rotatable bonds is 3. The molecule has 8 fully saturated rings. The molecule has 10 aliphatic rings. The third-order valence-electron chi connectivity index (χ3n) is 27.0. The lowest BCUT2D eigenvalue weighted by molar-refractivity contribution is -0.203. The molecule has 0 saturated heterocycles. The van der Waals surface area contributed by atoms with Gasteiger partial charge in [0.1, 0.15) is 5.60 Å². The maximum Gasteiger partial charge on any atom is 0.407 e. The topological polar surface area (TPSA) is 105 Å². The van der Waals surface area contributed by atoms with E-state index < -0.39 is 5.60 Å². The summed E-state index contributed by atoms with van der Waals surface area (Å²) in [4.78, 5) is 12.8. The van der Waals surface area contributed by atoms with Crippen LogP contribution in [0, 0.1) is 100 Å². The van der Waals surface area contributed by atoms with E-state index in [0.717, 1.165) is 38.3 Å². The van der Waals surface area contributed by atoms with Crippen LogP contribution in [0.3, 0.4) is 0 Å². The molecule has 8 saturated carbocycles. The predicted octanol–water partition coefficient (Wildman–Crippen LogP) is 15.8. The summed E-state index contributed by atoms with van der Waals surface area (Å²) in [6.45, 7) is 42.6. The first kappa shape index (κ1) is 54.4. The Morgan fingerprint density at radius 1 is 0.563 bits per heavy atom. The van der Waals surface area contributed by atoms with Gasteiger partial charge < -0.3 is 26.0 Å². The Kier molecular flexibility index (Phi) is 13.1. The third kappa shape index (κ3) is 8.04. The van der Waals surface area contributed by atoms with Crippen LogP contribution in [0.2, 0.25) is 0 Å². The molecule has 404 valence electrons. The number of ether oxygens (including phenoxy) is 1. The number of carbonyl (C=O) groups is 1. The van der Waals surface area contributed by atoms with E-state index in [1.165, 1.54) is 109 Å². The van der Waals surface area contributed by atoms with E-state index in [9.17, 15) is 15.0 Å². The standard InChI is InChI=1S/C35H59NO3.C30H51NO/c1-29(2,3)39-28(38)36-22-35-19-17-30(4,5)21-24(35)23-11-12-26-32(8)15-14-27(37)31(6,7)25(32)13-16-34(26,10)33(23,9)18-20-35;1-25(2)14-16-30(19-31)17-15-28(6)20(21(30)18-25)8-9-23-27(5)12-11-24(32)26(3,4)22(27)10-13-29(23,28)7/h11,24-27,37H,12-22H2,1-10H3,(H,36,38);8,21-24,32H,9-19,31H2,1-7H3/t24-,25-,26+,27?,32-,33+,34+,35+;21-,22-,23+,24-,27-,28+,29+,30+/m00/s1. The zero-order chi connectivity index (χ0) is 52.2. The average molecular weight is 984 g/mol. The van der Waals surface area contributed by atoms with E-state index in [-0.39, 0.29) is 50.8 Å². The molecule has 16 atom stereocenters. The van der Waals surface area contributed by atoms with E-state index >= 15 is 0 Å². The number of amides is 1. The van der Waals surface area contributed by atoms with Crippen LogP contribution >= 0.6 is 0 Å². The fourth-order valence-electron chi connectivity index (χ4n) is 21.9. The van der Waals surface area contributed by atoms with E-state index in [1.807, 2.05) is 26.3 Å². The molecule has 0 aromatic heterocycles. The molecule has 1 unspecified atom stereocenters. The highest BCUT2D eigenvalue weighted by Gasteiger charge is 2.70. The second-order valence-corrected chi connectivity index (χ2v) is 33.0. The van der Waals surface area contributed by atoms with Crippen molar-refractivity contribution in [2.45, 2.75) is 264 Å². The highest BCUT2D eigenvalue weighted by molar-refractivity contribution is 5.67. The van der Waals surface area contributed by atoms with Gasteiger partial charge in [0.25, 0.3) is 0 Å². The van der Waals surface area contributed by atoms with Gasteiger partial charge in [-0.15, -0.1) is 0 Å². The van der Waals surface area contributed by atoms with Crippen molar-refractivity contribution in [1.82, 2.24) is 5.32 Å². The molecule has 0 heterocycles. The van der Waals surface area contributed by atoms with Crippen LogP contribution in [0.25, 0.3) is 0 Å². The fourth-order valence-corrected chi connectivity index (χ4v) is 21.9. The number of fused-ring (bicyclic) bond motifs is 14. The Morgan fingerprint density at radius 3 is 1.38 bits per heavy atom. The summed E-state index contributed by atoms with van der Waals surface area (Å²) in [6.07, 6.45) is 29.3. The number of carbonyl (C=O) groups excluding carboxylic acids is 1. The molecule has 71 heavy (non-hydrogen) atoms.